The molecule has 9 atom stereocenters. The van der Waals surface area contributed by atoms with Crippen LogP contribution in [0.5, 0.6) is 0 Å². The first-order valence-electron chi connectivity index (χ1n) is 12.3. The number of rotatable bonds is 5. The molecule has 0 radical (unpaired) electrons. The van der Waals surface area contributed by atoms with E-state index >= 15 is 0 Å². The molecule has 4 aliphatic carbocycles. The maximum absolute atomic E-state index is 10.2. The smallest absolute Gasteiger partial charge is 0.0577 e. The maximum Gasteiger partial charge on any atom is 0.0577 e. The van der Waals surface area contributed by atoms with Crippen molar-refractivity contribution in [3.8, 4) is 0 Å². The molecule has 0 aromatic heterocycles. The number of aliphatic hydroxyl groups excluding tert-OH is 2. The van der Waals surface area contributed by atoms with Crippen LogP contribution in [0.2, 0.25) is 0 Å². The summed E-state index contributed by atoms with van der Waals surface area (Å²) in [6.45, 7) is 9.60. The summed E-state index contributed by atoms with van der Waals surface area (Å²) in [5.41, 5.74) is 2.49. The van der Waals surface area contributed by atoms with Gasteiger partial charge in [-0.15, -0.1) is 0 Å². The molecule has 2 heteroatoms. The molecule has 0 heterocycles. The normalized spacial score (nSPS) is 47.5. The molecule has 3 fully saturated rings. The van der Waals surface area contributed by atoms with E-state index in [2.05, 4.69) is 26.8 Å². The van der Waals surface area contributed by atoms with Crippen molar-refractivity contribution in [2.45, 2.75) is 111 Å². The summed E-state index contributed by atoms with van der Waals surface area (Å²) in [7, 11) is 0. The van der Waals surface area contributed by atoms with E-state index in [1.165, 1.54) is 51.4 Å². The van der Waals surface area contributed by atoms with Gasteiger partial charge in [-0.05, 0) is 105 Å². The van der Waals surface area contributed by atoms with Gasteiger partial charge < -0.3 is 10.2 Å². The summed E-state index contributed by atoms with van der Waals surface area (Å²) < 4.78 is 0. The van der Waals surface area contributed by atoms with Crippen molar-refractivity contribution in [2.24, 2.45) is 40.4 Å². The van der Waals surface area contributed by atoms with Gasteiger partial charge in [0.2, 0.25) is 0 Å². The molecule has 0 spiro atoms. The lowest BCUT2D eigenvalue weighted by atomic mass is 9.47. The molecule has 2 nitrogen and oxygen atoms in total. The topological polar surface area (TPSA) is 40.5 Å². The van der Waals surface area contributed by atoms with Gasteiger partial charge in [0.25, 0.3) is 0 Å². The molecule has 4 aliphatic rings. The van der Waals surface area contributed by atoms with Crippen LogP contribution in [0.25, 0.3) is 0 Å². The summed E-state index contributed by atoms with van der Waals surface area (Å²) in [5.74, 6) is 4.29. The van der Waals surface area contributed by atoms with Crippen LogP contribution in [-0.2, 0) is 0 Å². The van der Waals surface area contributed by atoms with Crippen molar-refractivity contribution in [3.63, 3.8) is 0 Å². The molecule has 28 heavy (non-hydrogen) atoms. The lowest BCUT2D eigenvalue weighted by Crippen LogP contribution is -2.50. The highest BCUT2D eigenvalue weighted by molar-refractivity contribution is 5.25. The predicted octanol–water partition coefficient (Wildman–Crippen LogP) is 6.11. The largest absolute Gasteiger partial charge is 0.393 e. The van der Waals surface area contributed by atoms with Crippen LogP contribution in [0.1, 0.15) is 98.3 Å². The average Bonchev–Trinajstić information content (AvgIpc) is 2.99. The second-order valence-corrected chi connectivity index (χ2v) is 11.6. The Labute approximate surface area is 173 Å². The first-order valence-corrected chi connectivity index (χ1v) is 12.3. The Hall–Kier alpha value is -0.340. The third-order valence-electron chi connectivity index (χ3n) is 10.1. The highest BCUT2D eigenvalue weighted by Gasteiger charge is 2.59. The van der Waals surface area contributed by atoms with Gasteiger partial charge >= 0.3 is 0 Å². The molecule has 0 aromatic carbocycles. The molecule has 0 unspecified atom stereocenters. The highest BCUT2D eigenvalue weighted by atomic mass is 16.3. The lowest BCUT2D eigenvalue weighted by Gasteiger charge is -2.58. The fourth-order valence-electron chi connectivity index (χ4n) is 8.55. The molecule has 0 aromatic rings. The minimum atomic E-state index is -0.146. The van der Waals surface area contributed by atoms with Crippen LogP contribution in [0.15, 0.2) is 11.6 Å². The minimum Gasteiger partial charge on any atom is -0.393 e. The third kappa shape index (κ3) is 3.41. The van der Waals surface area contributed by atoms with Gasteiger partial charge in [-0.25, -0.2) is 0 Å². The quantitative estimate of drug-likeness (QED) is 0.558. The van der Waals surface area contributed by atoms with E-state index < -0.39 is 0 Å². The van der Waals surface area contributed by atoms with Gasteiger partial charge in [0, 0.05) is 0 Å². The summed E-state index contributed by atoms with van der Waals surface area (Å²) in [6, 6.07) is 0. The van der Waals surface area contributed by atoms with E-state index in [4.69, 9.17) is 0 Å². The number of hydrogen-bond donors (Lipinski definition) is 2. The van der Waals surface area contributed by atoms with Gasteiger partial charge in [-0.3, -0.25) is 0 Å². The van der Waals surface area contributed by atoms with Crippen LogP contribution >= 0.6 is 0 Å². The molecule has 4 rings (SSSR count). The zero-order valence-electron chi connectivity index (χ0n) is 18.8. The van der Waals surface area contributed by atoms with Gasteiger partial charge in [0.05, 0.1) is 12.2 Å². The Morgan fingerprint density at radius 1 is 1.04 bits per heavy atom. The number of fused-ring (bicyclic) bond motifs is 5. The summed E-state index contributed by atoms with van der Waals surface area (Å²) in [6.07, 6.45) is 15.8. The summed E-state index contributed by atoms with van der Waals surface area (Å²) in [5, 5.41) is 19.8. The predicted molar refractivity (Wildman–Crippen MR) is 116 cm³/mol. The van der Waals surface area contributed by atoms with Crippen LogP contribution < -0.4 is 0 Å². The fraction of sp³-hybridized carbons (Fsp3) is 0.923. The Kier molecular flexibility index (Phi) is 5.77. The number of aliphatic hydroxyl groups is 2. The Bertz CT molecular complexity index is 595. The first kappa shape index (κ1) is 20.9. The van der Waals surface area contributed by atoms with E-state index in [0.29, 0.717) is 10.8 Å². The summed E-state index contributed by atoms with van der Waals surface area (Å²) in [4.78, 5) is 0. The fourth-order valence-corrected chi connectivity index (χ4v) is 8.55. The van der Waals surface area contributed by atoms with Crippen molar-refractivity contribution in [3.05, 3.63) is 11.6 Å². The average molecular weight is 389 g/mol. The second-order valence-electron chi connectivity index (χ2n) is 11.6. The number of hydrogen-bond acceptors (Lipinski definition) is 2. The van der Waals surface area contributed by atoms with Gasteiger partial charge in [-0.1, -0.05) is 45.3 Å². The molecular formula is C26H44O2. The van der Waals surface area contributed by atoms with E-state index in [0.717, 1.165) is 48.9 Å². The van der Waals surface area contributed by atoms with Gasteiger partial charge in [0.1, 0.15) is 0 Å². The van der Waals surface area contributed by atoms with Crippen molar-refractivity contribution in [2.75, 3.05) is 0 Å². The van der Waals surface area contributed by atoms with E-state index in [1.807, 2.05) is 6.92 Å². The van der Waals surface area contributed by atoms with Crippen molar-refractivity contribution in [1.29, 1.82) is 0 Å². The van der Waals surface area contributed by atoms with Crippen LogP contribution in [0, 0.1) is 40.4 Å². The molecule has 3 saturated carbocycles. The lowest BCUT2D eigenvalue weighted by molar-refractivity contribution is -0.0573. The van der Waals surface area contributed by atoms with Crippen LogP contribution in [0.3, 0.4) is 0 Å². The Balaban J connectivity index is 1.49. The Morgan fingerprint density at radius 3 is 2.57 bits per heavy atom. The standard InChI is InChI=1S/C26H44O2/c1-17(6-5-7-18(2)27)22-10-11-23-21-9-8-19-16-20(28)12-14-25(19,3)24(21)13-15-26(22,23)4/h8,17-18,20-24,27-28H,5-7,9-16H2,1-4H3/t17-,18+,20+,21+,22-,23+,24+,25+,26-/m1/s1. The molecule has 0 saturated heterocycles. The Morgan fingerprint density at radius 2 is 1.82 bits per heavy atom. The van der Waals surface area contributed by atoms with Crippen LogP contribution in [-0.4, -0.2) is 22.4 Å². The SMILES string of the molecule is C[C@H](O)CCC[C@@H](C)[C@H]1CC[C@H]2[C@@H]3CC=C4C[C@@H](O)CC[C@]4(C)[C@H]3CC[C@]12C. The molecule has 2 N–H and O–H groups in total. The van der Waals surface area contributed by atoms with Crippen molar-refractivity contribution >= 4 is 0 Å². The first-order chi connectivity index (χ1) is 13.3. The number of allylic oxidation sites excluding steroid dienone is 1. The molecule has 0 amide bonds. The van der Waals surface area contributed by atoms with Crippen LogP contribution in [0.4, 0.5) is 0 Å². The van der Waals surface area contributed by atoms with Gasteiger partial charge in [0.15, 0.2) is 0 Å². The second kappa shape index (κ2) is 7.73. The van der Waals surface area contributed by atoms with Crippen molar-refractivity contribution in [1.82, 2.24) is 0 Å². The van der Waals surface area contributed by atoms with E-state index in [1.54, 1.807) is 5.57 Å². The third-order valence-corrected chi connectivity index (χ3v) is 10.1. The highest BCUT2D eigenvalue weighted by Crippen LogP contribution is 2.67. The zero-order chi connectivity index (χ0) is 20.1. The summed E-state index contributed by atoms with van der Waals surface area (Å²) >= 11 is 0. The van der Waals surface area contributed by atoms with Gasteiger partial charge in [-0.2, -0.15) is 0 Å². The maximum atomic E-state index is 10.2. The molecule has 160 valence electrons. The zero-order valence-corrected chi connectivity index (χ0v) is 18.8. The molecular weight excluding hydrogens is 344 g/mol. The van der Waals surface area contributed by atoms with E-state index in [9.17, 15) is 10.2 Å². The minimum absolute atomic E-state index is 0.0944. The molecule has 0 bridgehead atoms. The van der Waals surface area contributed by atoms with E-state index in [-0.39, 0.29) is 12.2 Å². The molecule has 0 aliphatic heterocycles. The van der Waals surface area contributed by atoms with Crippen molar-refractivity contribution < 1.29 is 10.2 Å². The monoisotopic (exact) mass is 388 g/mol.